The smallest absolute Gasteiger partial charge is 0.233 e. The van der Waals surface area contributed by atoms with Gasteiger partial charge in [0.1, 0.15) is 0 Å². The molecule has 1 aromatic carbocycles. The molecule has 7 heteroatoms. The lowest BCUT2D eigenvalue weighted by molar-refractivity contribution is -0.129. The van der Waals surface area contributed by atoms with Crippen LogP contribution in [0.1, 0.15) is 40.0 Å². The van der Waals surface area contributed by atoms with Crippen LogP contribution in [0.2, 0.25) is 0 Å². The minimum Gasteiger partial charge on any atom is -0.338 e. The number of carbonyl (C=O) groups is 1. The standard InChI is InChI=1S/C19H25N5OS/c1-18(2)9-15-10-19(3,12-18)13-23(15)16(25)11-26-17-20-21-22-24(17)14-7-5-4-6-8-14/h4-8,15H,9-13H2,1-3H3/t15-,19-/m1/s1. The predicted octanol–water partition coefficient (Wildman–Crippen LogP) is 3.18. The van der Waals surface area contributed by atoms with Crippen molar-refractivity contribution in [3.8, 4) is 5.69 Å². The summed E-state index contributed by atoms with van der Waals surface area (Å²) < 4.78 is 1.69. The molecule has 138 valence electrons. The summed E-state index contributed by atoms with van der Waals surface area (Å²) in [5.74, 6) is 0.573. The Hall–Kier alpha value is -1.89. The lowest BCUT2D eigenvalue weighted by Gasteiger charge is -2.39. The molecule has 2 fully saturated rings. The fourth-order valence-corrected chi connectivity index (χ4v) is 5.74. The van der Waals surface area contributed by atoms with Gasteiger partial charge >= 0.3 is 0 Å². The number of benzene rings is 1. The quantitative estimate of drug-likeness (QED) is 0.773. The summed E-state index contributed by atoms with van der Waals surface area (Å²) in [7, 11) is 0. The Morgan fingerprint density at radius 2 is 2.00 bits per heavy atom. The average molecular weight is 372 g/mol. The first-order valence-electron chi connectivity index (χ1n) is 9.11. The molecule has 2 aliphatic rings. The maximum Gasteiger partial charge on any atom is 0.233 e. The van der Waals surface area contributed by atoms with Gasteiger partial charge in [-0.15, -0.1) is 5.10 Å². The van der Waals surface area contributed by atoms with Gasteiger partial charge in [-0.2, -0.15) is 4.68 Å². The van der Waals surface area contributed by atoms with Crippen LogP contribution in [0, 0.1) is 10.8 Å². The molecule has 0 radical (unpaired) electrons. The van der Waals surface area contributed by atoms with E-state index in [0.717, 1.165) is 25.1 Å². The zero-order valence-electron chi connectivity index (χ0n) is 15.6. The molecular weight excluding hydrogens is 346 g/mol. The van der Waals surface area contributed by atoms with Crippen molar-refractivity contribution < 1.29 is 4.79 Å². The van der Waals surface area contributed by atoms with E-state index < -0.39 is 0 Å². The summed E-state index contributed by atoms with van der Waals surface area (Å²) in [4.78, 5) is 15.0. The second-order valence-corrected chi connectivity index (χ2v) is 9.68. The van der Waals surface area contributed by atoms with Crippen LogP contribution < -0.4 is 0 Å². The van der Waals surface area contributed by atoms with E-state index in [1.165, 1.54) is 18.2 Å². The van der Waals surface area contributed by atoms with Crippen LogP contribution in [-0.2, 0) is 4.79 Å². The number of nitrogens with zero attached hydrogens (tertiary/aromatic N) is 5. The first kappa shape index (κ1) is 17.5. The van der Waals surface area contributed by atoms with E-state index in [2.05, 4.69) is 41.2 Å². The minimum absolute atomic E-state index is 0.198. The van der Waals surface area contributed by atoms with Crippen LogP contribution in [-0.4, -0.2) is 49.4 Å². The van der Waals surface area contributed by atoms with Gasteiger partial charge in [0.05, 0.1) is 11.4 Å². The first-order chi connectivity index (χ1) is 12.4. The summed E-state index contributed by atoms with van der Waals surface area (Å²) >= 11 is 1.41. The van der Waals surface area contributed by atoms with Gasteiger partial charge in [0, 0.05) is 12.6 Å². The highest BCUT2D eigenvalue weighted by molar-refractivity contribution is 7.99. The second-order valence-electron chi connectivity index (χ2n) is 8.73. The predicted molar refractivity (Wildman–Crippen MR) is 101 cm³/mol. The van der Waals surface area contributed by atoms with Crippen molar-refractivity contribution in [1.29, 1.82) is 0 Å². The van der Waals surface area contributed by atoms with E-state index >= 15 is 0 Å². The Balaban J connectivity index is 1.44. The van der Waals surface area contributed by atoms with Crippen LogP contribution in [0.5, 0.6) is 0 Å². The van der Waals surface area contributed by atoms with Crippen LogP contribution in [0.3, 0.4) is 0 Å². The summed E-state index contributed by atoms with van der Waals surface area (Å²) in [6.45, 7) is 7.86. The highest BCUT2D eigenvalue weighted by Gasteiger charge is 2.50. The van der Waals surface area contributed by atoms with Crippen molar-refractivity contribution in [2.45, 2.75) is 51.2 Å². The number of fused-ring (bicyclic) bond motifs is 2. The summed E-state index contributed by atoms with van der Waals surface area (Å²) in [6.07, 6.45) is 3.43. The van der Waals surface area contributed by atoms with E-state index in [9.17, 15) is 4.79 Å². The van der Waals surface area contributed by atoms with Crippen LogP contribution in [0.25, 0.3) is 5.69 Å². The topological polar surface area (TPSA) is 63.9 Å². The van der Waals surface area contributed by atoms with Crippen molar-refractivity contribution in [2.75, 3.05) is 12.3 Å². The molecule has 0 unspecified atom stereocenters. The van der Waals surface area contributed by atoms with Gasteiger partial charge in [0.2, 0.25) is 11.1 Å². The molecule has 0 spiro atoms. The molecule has 6 nitrogen and oxygen atoms in total. The number of likely N-dealkylation sites (tertiary alicyclic amines) is 1. The number of hydrogen-bond donors (Lipinski definition) is 0. The third-order valence-electron chi connectivity index (χ3n) is 5.50. The lowest BCUT2D eigenvalue weighted by Crippen LogP contribution is -2.38. The van der Waals surface area contributed by atoms with E-state index in [4.69, 9.17) is 0 Å². The molecule has 2 aromatic rings. The molecule has 1 aromatic heterocycles. The number of hydrogen-bond acceptors (Lipinski definition) is 5. The van der Waals surface area contributed by atoms with Crippen LogP contribution >= 0.6 is 11.8 Å². The maximum absolute atomic E-state index is 12.9. The summed E-state index contributed by atoms with van der Waals surface area (Å²) in [5, 5.41) is 12.6. The van der Waals surface area contributed by atoms with Gasteiger partial charge < -0.3 is 4.90 Å². The monoisotopic (exact) mass is 371 g/mol. The lowest BCUT2D eigenvalue weighted by atomic mass is 9.65. The number of rotatable bonds is 4. The number of thioether (sulfide) groups is 1. The fraction of sp³-hybridized carbons (Fsp3) is 0.579. The third kappa shape index (κ3) is 3.37. The molecule has 1 aliphatic heterocycles. The van der Waals surface area contributed by atoms with Crippen LogP contribution in [0.4, 0.5) is 0 Å². The van der Waals surface area contributed by atoms with E-state index in [1.807, 2.05) is 30.3 Å². The van der Waals surface area contributed by atoms with Gasteiger partial charge in [0.25, 0.3) is 0 Å². The van der Waals surface area contributed by atoms with Gasteiger partial charge in [-0.3, -0.25) is 4.79 Å². The molecule has 1 amide bonds. The van der Waals surface area contributed by atoms with Crippen molar-refractivity contribution in [2.24, 2.45) is 10.8 Å². The molecule has 1 aliphatic carbocycles. The fourth-order valence-electron chi connectivity index (χ4n) is 4.96. The van der Waals surface area contributed by atoms with Crippen LogP contribution in [0.15, 0.2) is 35.5 Å². The van der Waals surface area contributed by atoms with Gasteiger partial charge in [-0.25, -0.2) is 0 Å². The molecule has 2 atom stereocenters. The highest BCUT2D eigenvalue weighted by atomic mass is 32.2. The third-order valence-corrected chi connectivity index (χ3v) is 6.41. The molecule has 2 bridgehead atoms. The first-order valence-corrected chi connectivity index (χ1v) is 10.1. The molecule has 26 heavy (non-hydrogen) atoms. The van der Waals surface area contributed by atoms with Gasteiger partial charge in [-0.1, -0.05) is 50.7 Å². The SMILES string of the molecule is CC1(C)C[C@@H]2C[C@@](C)(CN2C(=O)CSc2nnnn2-c2ccccc2)C1. The highest BCUT2D eigenvalue weighted by Crippen LogP contribution is 2.52. The normalized spacial score (nSPS) is 26.9. The Morgan fingerprint density at radius 1 is 1.23 bits per heavy atom. The molecule has 4 rings (SSSR count). The number of carbonyl (C=O) groups excluding carboxylic acids is 1. The Kier molecular flexibility index (Phi) is 4.29. The summed E-state index contributed by atoms with van der Waals surface area (Å²) in [5.41, 5.74) is 1.48. The van der Waals surface area contributed by atoms with Crippen molar-refractivity contribution in [3.63, 3.8) is 0 Å². The second kappa shape index (κ2) is 6.37. The van der Waals surface area contributed by atoms with E-state index in [1.54, 1.807) is 4.68 Å². The molecule has 2 heterocycles. The number of para-hydroxylation sites is 1. The van der Waals surface area contributed by atoms with Gasteiger partial charge in [0.15, 0.2) is 0 Å². The average Bonchev–Trinajstić information content (AvgIpc) is 3.14. The molecule has 1 saturated heterocycles. The zero-order valence-corrected chi connectivity index (χ0v) is 16.4. The zero-order chi connectivity index (χ0) is 18.4. The minimum atomic E-state index is 0.198. The molecule has 0 N–H and O–H groups in total. The Morgan fingerprint density at radius 3 is 2.77 bits per heavy atom. The molecular formula is C19H25N5OS. The number of tetrazole rings is 1. The van der Waals surface area contributed by atoms with E-state index in [0.29, 0.717) is 22.4 Å². The largest absolute Gasteiger partial charge is 0.338 e. The maximum atomic E-state index is 12.9. The van der Waals surface area contributed by atoms with Gasteiger partial charge in [-0.05, 0) is 52.7 Å². The van der Waals surface area contributed by atoms with Crippen molar-refractivity contribution >= 4 is 17.7 Å². The van der Waals surface area contributed by atoms with E-state index in [-0.39, 0.29) is 11.3 Å². The Labute approximate surface area is 158 Å². The van der Waals surface area contributed by atoms with Crippen molar-refractivity contribution in [3.05, 3.63) is 30.3 Å². The Bertz CT molecular complexity index is 805. The molecule has 1 saturated carbocycles. The number of aromatic nitrogens is 4. The summed E-state index contributed by atoms with van der Waals surface area (Å²) in [6, 6.07) is 10.1. The number of amides is 1. The van der Waals surface area contributed by atoms with Crippen molar-refractivity contribution in [1.82, 2.24) is 25.1 Å².